The molecule has 0 heterocycles. The maximum absolute atomic E-state index is 13.5. The SMILES string of the molecule is CC(=O)Cc1ccc(-c2ccc(C(F)(F)F)c(F)c2)cc1. The lowest BCUT2D eigenvalue weighted by molar-refractivity contribution is -0.140. The summed E-state index contributed by atoms with van der Waals surface area (Å²) in [5, 5.41) is 0. The summed E-state index contributed by atoms with van der Waals surface area (Å²) in [5.41, 5.74) is 0.475. The van der Waals surface area contributed by atoms with E-state index in [1.54, 1.807) is 24.3 Å². The van der Waals surface area contributed by atoms with E-state index in [1.165, 1.54) is 13.0 Å². The molecule has 0 bridgehead atoms. The van der Waals surface area contributed by atoms with Crippen LogP contribution >= 0.6 is 0 Å². The zero-order chi connectivity index (χ0) is 15.6. The molecule has 0 aliphatic rings. The molecular formula is C16H12F4O. The lowest BCUT2D eigenvalue weighted by Crippen LogP contribution is -2.07. The van der Waals surface area contributed by atoms with Gasteiger partial charge in [0.15, 0.2) is 0 Å². The summed E-state index contributed by atoms with van der Waals surface area (Å²) in [6.45, 7) is 1.47. The van der Waals surface area contributed by atoms with E-state index in [9.17, 15) is 22.4 Å². The molecule has 0 saturated heterocycles. The smallest absolute Gasteiger partial charge is 0.300 e. The van der Waals surface area contributed by atoms with E-state index < -0.39 is 17.6 Å². The predicted octanol–water partition coefficient (Wildman–Crippen LogP) is 4.64. The first-order chi connectivity index (χ1) is 9.77. The summed E-state index contributed by atoms with van der Waals surface area (Å²) < 4.78 is 51.0. The Kier molecular flexibility index (Phi) is 4.11. The molecule has 0 aliphatic heterocycles. The molecule has 0 saturated carbocycles. The number of alkyl halides is 3. The number of halogens is 4. The highest BCUT2D eigenvalue weighted by atomic mass is 19.4. The van der Waals surface area contributed by atoms with Crippen LogP contribution in [0.3, 0.4) is 0 Å². The maximum Gasteiger partial charge on any atom is 0.419 e. The first-order valence-electron chi connectivity index (χ1n) is 6.23. The fraction of sp³-hybridized carbons (Fsp3) is 0.188. The summed E-state index contributed by atoms with van der Waals surface area (Å²) in [6.07, 6.45) is -4.41. The van der Waals surface area contributed by atoms with Crippen molar-refractivity contribution in [1.29, 1.82) is 0 Å². The Bertz CT molecular complexity index is 657. The molecule has 5 heteroatoms. The zero-order valence-electron chi connectivity index (χ0n) is 11.2. The second-order valence-corrected chi connectivity index (χ2v) is 4.77. The number of hydrogen-bond donors (Lipinski definition) is 0. The third-order valence-corrected chi connectivity index (χ3v) is 3.01. The van der Waals surface area contributed by atoms with Gasteiger partial charge < -0.3 is 0 Å². The predicted molar refractivity (Wildman–Crippen MR) is 71.2 cm³/mol. The molecule has 21 heavy (non-hydrogen) atoms. The van der Waals surface area contributed by atoms with Gasteiger partial charge in [0.2, 0.25) is 0 Å². The number of carbonyl (C=O) groups excluding carboxylic acids is 1. The maximum atomic E-state index is 13.5. The largest absolute Gasteiger partial charge is 0.419 e. The summed E-state index contributed by atoms with van der Waals surface area (Å²) in [7, 11) is 0. The number of hydrogen-bond acceptors (Lipinski definition) is 1. The molecule has 0 N–H and O–H groups in total. The lowest BCUT2D eigenvalue weighted by atomic mass is 10.0. The van der Waals surface area contributed by atoms with E-state index in [-0.39, 0.29) is 5.78 Å². The van der Waals surface area contributed by atoms with Gasteiger partial charge in [-0.05, 0) is 35.7 Å². The van der Waals surface area contributed by atoms with Gasteiger partial charge in [0.25, 0.3) is 0 Å². The Hall–Kier alpha value is -2.17. The van der Waals surface area contributed by atoms with Crippen molar-refractivity contribution in [1.82, 2.24) is 0 Å². The highest BCUT2D eigenvalue weighted by Gasteiger charge is 2.33. The quantitative estimate of drug-likeness (QED) is 0.754. The van der Waals surface area contributed by atoms with Gasteiger partial charge in [0, 0.05) is 6.42 Å². The molecule has 0 unspecified atom stereocenters. The first-order valence-corrected chi connectivity index (χ1v) is 6.23. The van der Waals surface area contributed by atoms with Crippen LogP contribution in [0, 0.1) is 5.82 Å². The van der Waals surface area contributed by atoms with E-state index in [2.05, 4.69) is 0 Å². The van der Waals surface area contributed by atoms with Gasteiger partial charge in [-0.1, -0.05) is 30.3 Å². The molecule has 0 aliphatic carbocycles. The fourth-order valence-electron chi connectivity index (χ4n) is 2.03. The minimum absolute atomic E-state index is 0.0170. The third-order valence-electron chi connectivity index (χ3n) is 3.01. The topological polar surface area (TPSA) is 17.1 Å². The van der Waals surface area contributed by atoms with Gasteiger partial charge >= 0.3 is 6.18 Å². The van der Waals surface area contributed by atoms with E-state index >= 15 is 0 Å². The van der Waals surface area contributed by atoms with Crippen molar-refractivity contribution >= 4 is 5.78 Å². The van der Waals surface area contributed by atoms with Crippen molar-refractivity contribution in [3.8, 4) is 11.1 Å². The van der Waals surface area contributed by atoms with Crippen LogP contribution in [0.1, 0.15) is 18.1 Å². The Balaban J connectivity index is 2.30. The Morgan fingerprint density at radius 1 is 1.00 bits per heavy atom. The molecule has 2 rings (SSSR count). The number of carbonyl (C=O) groups is 1. The Morgan fingerprint density at radius 2 is 1.57 bits per heavy atom. The third kappa shape index (κ3) is 3.68. The number of Topliss-reactive ketones (excluding diaryl/α,β-unsaturated/α-hetero) is 1. The first kappa shape index (κ1) is 15.2. The van der Waals surface area contributed by atoms with Crippen molar-refractivity contribution in [2.75, 3.05) is 0 Å². The summed E-state index contributed by atoms with van der Waals surface area (Å²) in [6, 6.07) is 9.53. The molecule has 1 nitrogen and oxygen atoms in total. The summed E-state index contributed by atoms with van der Waals surface area (Å²) in [5.74, 6) is -1.28. The van der Waals surface area contributed by atoms with E-state index in [0.29, 0.717) is 17.5 Å². The molecule has 0 atom stereocenters. The summed E-state index contributed by atoms with van der Waals surface area (Å²) in [4.78, 5) is 11.0. The van der Waals surface area contributed by atoms with E-state index in [0.717, 1.165) is 17.7 Å². The standard InChI is InChI=1S/C16H12F4O/c1-10(21)8-11-2-4-12(5-3-11)13-6-7-14(15(17)9-13)16(18,19)20/h2-7,9H,8H2,1H3. The van der Waals surface area contributed by atoms with Gasteiger partial charge in [-0.3, -0.25) is 4.79 Å². The van der Waals surface area contributed by atoms with Crippen LogP contribution in [0.5, 0.6) is 0 Å². The molecular weight excluding hydrogens is 284 g/mol. The van der Waals surface area contributed by atoms with Gasteiger partial charge in [-0.25, -0.2) is 4.39 Å². The number of rotatable bonds is 3. The highest BCUT2D eigenvalue weighted by molar-refractivity contribution is 5.78. The highest BCUT2D eigenvalue weighted by Crippen LogP contribution is 2.33. The second kappa shape index (κ2) is 5.68. The Morgan fingerprint density at radius 3 is 2.05 bits per heavy atom. The van der Waals surface area contributed by atoms with Crippen molar-refractivity contribution in [2.45, 2.75) is 19.5 Å². The number of ketones is 1. The van der Waals surface area contributed by atoms with Crippen LogP contribution in [0.15, 0.2) is 42.5 Å². The number of benzene rings is 2. The minimum atomic E-state index is -4.70. The van der Waals surface area contributed by atoms with Crippen molar-refractivity contribution in [2.24, 2.45) is 0 Å². The monoisotopic (exact) mass is 296 g/mol. The van der Waals surface area contributed by atoms with Gasteiger partial charge in [-0.2, -0.15) is 13.2 Å². The van der Waals surface area contributed by atoms with Crippen LogP contribution in [0.25, 0.3) is 11.1 Å². The molecule has 2 aromatic carbocycles. The van der Waals surface area contributed by atoms with Crippen LogP contribution in [0.4, 0.5) is 17.6 Å². The van der Waals surface area contributed by atoms with Crippen LogP contribution in [-0.4, -0.2) is 5.78 Å². The molecule has 2 aromatic rings. The van der Waals surface area contributed by atoms with Crippen molar-refractivity contribution in [3.05, 3.63) is 59.4 Å². The molecule has 0 aromatic heterocycles. The molecule has 0 fully saturated rings. The zero-order valence-corrected chi connectivity index (χ0v) is 11.2. The normalized spacial score (nSPS) is 11.5. The summed E-state index contributed by atoms with van der Waals surface area (Å²) >= 11 is 0. The van der Waals surface area contributed by atoms with Gasteiger partial charge in [0.1, 0.15) is 11.6 Å². The van der Waals surface area contributed by atoms with Crippen LogP contribution in [0.2, 0.25) is 0 Å². The molecule has 0 spiro atoms. The van der Waals surface area contributed by atoms with E-state index in [4.69, 9.17) is 0 Å². The average Bonchev–Trinajstić information content (AvgIpc) is 2.37. The van der Waals surface area contributed by atoms with Gasteiger partial charge in [-0.15, -0.1) is 0 Å². The minimum Gasteiger partial charge on any atom is -0.300 e. The van der Waals surface area contributed by atoms with Gasteiger partial charge in [0.05, 0.1) is 5.56 Å². The van der Waals surface area contributed by atoms with Crippen molar-refractivity contribution in [3.63, 3.8) is 0 Å². The molecule has 0 amide bonds. The molecule has 0 radical (unpaired) electrons. The van der Waals surface area contributed by atoms with Crippen molar-refractivity contribution < 1.29 is 22.4 Å². The second-order valence-electron chi connectivity index (χ2n) is 4.77. The van der Waals surface area contributed by atoms with Crippen LogP contribution in [-0.2, 0) is 17.4 Å². The van der Waals surface area contributed by atoms with E-state index in [1.807, 2.05) is 0 Å². The van der Waals surface area contributed by atoms with Crippen LogP contribution < -0.4 is 0 Å². The fourth-order valence-corrected chi connectivity index (χ4v) is 2.03. The molecule has 110 valence electrons. The lowest BCUT2D eigenvalue weighted by Gasteiger charge is -2.10. The Labute approximate surface area is 119 Å². The average molecular weight is 296 g/mol.